The molecule has 700 valence electrons. The predicted molar refractivity (Wildman–Crippen MR) is 468 cm³/mol. The molecule has 0 spiro atoms. The van der Waals surface area contributed by atoms with Crippen molar-refractivity contribution in [3.8, 4) is 17.1 Å². The zero-order valence-electron chi connectivity index (χ0n) is 74.5. The molecule has 8 heterocycles. The lowest BCUT2D eigenvalue weighted by molar-refractivity contribution is -0.265. The lowest BCUT2D eigenvalue weighted by Gasteiger charge is -2.42. The van der Waals surface area contributed by atoms with Crippen LogP contribution in [0.2, 0.25) is 0 Å². The molecule has 3 amide bonds. The molecule has 3 saturated heterocycles. The molecule has 0 radical (unpaired) electrons. The zero-order chi connectivity index (χ0) is 90.9. The number of benzene rings is 1. The Bertz CT molecular complexity index is 4500. The number of oxazole rings is 1. The molecule has 5 aromatic rings. The number of rotatable bonds is 36. The highest BCUT2D eigenvalue weighted by Crippen LogP contribution is 2.39. The van der Waals surface area contributed by atoms with Crippen LogP contribution in [0, 0.1) is 29.6 Å². The van der Waals surface area contributed by atoms with Gasteiger partial charge in [-0.25, -0.2) is 24.5 Å². The Morgan fingerprint density at radius 3 is 2.00 bits per heavy atom. The number of carbonyl (C=O) groups excluding carboxylic acids is 7. The number of piperidine rings is 1. The normalized spacial score (nSPS) is 26.5. The highest BCUT2D eigenvalue weighted by atomic mass is 16.6. The van der Waals surface area contributed by atoms with Gasteiger partial charge in [0.1, 0.15) is 59.6 Å². The first kappa shape index (κ1) is 100.0. The number of cyclic esters (lactones) is 1. The molecule has 4 aliphatic heterocycles. The minimum Gasteiger partial charge on any atom is -0.459 e. The molecule has 15 atom stereocenters. The standard InChI is InChI=1S/C90H131N13O24/c1-57-14-10-9-11-15-58(2)73(114-7)53-65-20-17-62(6)90(113,127-65)84(109)86(110)102-27-13-12-16-69(102)87(111)124-74(54-70(104)59(3)49-61(5)82(107)83(108)81(106)60(4)48-57)67(92)50-63-18-21-72(75(51-63)115-8)126-89(112)95-26-33-117-35-37-119-39-41-121-43-45-123-47-46-122-44-42-120-40-38-118-36-34-116-32-24-78(105)101-30-28-100(29-31-101)76-55-77(97-56-96-76)103-85-79(66(91)23-25-94-85)80(99-103)64-19-22-71-68(52-64)98-88(93)125-71/h9-11,14-15,19,22-23,25,49,52,55-57,59-60,62-63,65,67,69,72-75,82-83,107-108,113H,12-13,16-18,20-21,24,26-48,50-51,53-54,92H2,1-8H3,(H2,91,94)(H2,93,98)(H,95,112)/b11-9?,14-10+,58-15?,61-49+/t57-,59-,60-,62-,63+,65+,67-,69+,72-,73+,74+,75-,82-,83+,90-/m1/s1. The first-order valence-corrected chi connectivity index (χ1v) is 44.4. The summed E-state index contributed by atoms with van der Waals surface area (Å²) < 4.78 is 82.1. The topological polar surface area (TPSA) is 482 Å². The largest absolute Gasteiger partial charge is 0.459 e. The van der Waals surface area contributed by atoms with Crippen LogP contribution in [0.1, 0.15) is 125 Å². The van der Waals surface area contributed by atoms with Gasteiger partial charge in [0.25, 0.3) is 17.7 Å². The van der Waals surface area contributed by atoms with Gasteiger partial charge in [0, 0.05) is 114 Å². The minimum absolute atomic E-state index is 0.00329. The number of hydrogen-bond donors (Lipinski definition) is 7. The Kier molecular flexibility index (Phi) is 39.9. The average Bonchev–Trinajstić information content (AvgIpc) is 1.60. The number of nitrogens with one attached hydrogen (secondary N) is 1. The minimum atomic E-state index is -2.51. The number of methoxy groups -OCH3 is 2. The number of aliphatic hydroxyl groups excluding tert-OH is 2. The highest BCUT2D eigenvalue weighted by Gasteiger charge is 2.53. The zero-order valence-corrected chi connectivity index (χ0v) is 74.5. The van der Waals surface area contributed by atoms with Crippen LogP contribution < -0.4 is 27.4 Å². The second-order valence-corrected chi connectivity index (χ2v) is 33.2. The molecule has 37 nitrogen and oxygen atoms in total. The fraction of sp³-hybridized carbons (Fsp3) is 0.644. The van der Waals surface area contributed by atoms with Gasteiger partial charge in [0.05, 0.1) is 136 Å². The summed E-state index contributed by atoms with van der Waals surface area (Å²) in [5, 5.41) is 42.9. The van der Waals surface area contributed by atoms with Crippen molar-refractivity contribution < 1.29 is 115 Å². The summed E-state index contributed by atoms with van der Waals surface area (Å²) in [4.78, 5) is 121. The molecule has 0 unspecified atom stereocenters. The van der Waals surface area contributed by atoms with Gasteiger partial charge in [-0.05, 0) is 125 Å². The van der Waals surface area contributed by atoms with E-state index in [0.29, 0.717) is 209 Å². The van der Waals surface area contributed by atoms with Crippen LogP contribution in [0.3, 0.4) is 0 Å². The molecule has 10 rings (SSSR count). The molecule has 1 aromatic carbocycles. The van der Waals surface area contributed by atoms with Gasteiger partial charge in [-0.1, -0.05) is 64.2 Å². The molecule has 1 aliphatic carbocycles. The number of nitrogens with two attached hydrogens (primary N) is 3. The van der Waals surface area contributed by atoms with Gasteiger partial charge in [-0.15, -0.1) is 0 Å². The molecule has 10 N–H and O–H groups in total. The number of allylic oxidation sites excluding steroid dienone is 6. The number of esters is 1. The van der Waals surface area contributed by atoms with Gasteiger partial charge < -0.3 is 119 Å². The van der Waals surface area contributed by atoms with Crippen molar-refractivity contribution in [1.82, 2.24) is 44.8 Å². The maximum Gasteiger partial charge on any atom is 0.407 e. The van der Waals surface area contributed by atoms with Gasteiger partial charge >= 0.3 is 12.1 Å². The van der Waals surface area contributed by atoms with E-state index < -0.39 is 120 Å². The Morgan fingerprint density at radius 1 is 0.685 bits per heavy atom. The van der Waals surface area contributed by atoms with E-state index in [1.165, 1.54) is 26.4 Å². The number of ketones is 3. The van der Waals surface area contributed by atoms with E-state index in [1.54, 1.807) is 50.9 Å². The van der Waals surface area contributed by atoms with E-state index in [1.807, 2.05) is 67.3 Å². The molecule has 37 heteroatoms. The quantitative estimate of drug-likeness (QED) is 0.00998. The Hall–Kier alpha value is -9.16. The van der Waals surface area contributed by atoms with Crippen molar-refractivity contribution in [2.24, 2.45) is 35.3 Å². The van der Waals surface area contributed by atoms with Crippen LogP contribution in [0.15, 0.2) is 94.9 Å². The molecule has 2 bridgehead atoms. The average molecular weight is 1780 g/mol. The SMILES string of the molecule is CO[C@H]1C[C@@H]2CC[C@@H](C)[C@@](O)(O2)C(=O)C(=O)N2CCCC[C@H]2C(=O)O[C@H]([C@H](N)C[C@@H]2CC[C@@H](OC(=O)NCCOCCOCCOCCOCCOCCOCCOCCOCCC(=O)N3CCN(c4cc(-n5nc(-c6ccc7oc(N)nc7c6)c6c(N)ccnc65)ncn4)CC3)[C@H](OC)C2)CC(=O)[C@H](C)/C=C(\C)[C@@H](O)[C@@H](O)C(=O)[C@H](C)C[C@H](C)/C=C/C=CC=C1C. The van der Waals surface area contributed by atoms with Gasteiger partial charge in [-0.2, -0.15) is 14.8 Å². The molecular formula is C90H131N13O24. The maximum atomic E-state index is 14.7. The number of pyridine rings is 1. The van der Waals surface area contributed by atoms with Crippen LogP contribution in [-0.2, 0) is 90.3 Å². The lowest BCUT2D eigenvalue weighted by atomic mass is 9.80. The molecule has 4 aromatic heterocycles. The third-order valence-electron chi connectivity index (χ3n) is 23.9. The van der Waals surface area contributed by atoms with E-state index in [0.717, 1.165) is 16.0 Å². The number of aliphatic hydroxyl groups is 3. The van der Waals surface area contributed by atoms with Crippen LogP contribution >= 0.6 is 0 Å². The summed E-state index contributed by atoms with van der Waals surface area (Å²) >= 11 is 0. The number of alkyl carbamates (subject to hydrolysis) is 1. The number of anilines is 3. The smallest absolute Gasteiger partial charge is 0.407 e. The third kappa shape index (κ3) is 29.2. The number of hydrogen-bond acceptors (Lipinski definition) is 33. The van der Waals surface area contributed by atoms with Crippen molar-refractivity contribution in [3.05, 3.63) is 90.5 Å². The molecule has 5 aliphatic rings. The molecular weight excluding hydrogens is 1650 g/mol. The highest BCUT2D eigenvalue weighted by molar-refractivity contribution is 6.39. The molecule has 127 heavy (non-hydrogen) atoms. The van der Waals surface area contributed by atoms with Crippen LogP contribution in [0.25, 0.3) is 39.2 Å². The summed E-state index contributed by atoms with van der Waals surface area (Å²) in [6.07, 6.45) is 10.1. The fourth-order valence-electron chi connectivity index (χ4n) is 16.5. The number of Topliss-reactive ketones (excluding diaryl/α,β-unsaturated/α-hetero) is 3. The number of piperazine rings is 1. The van der Waals surface area contributed by atoms with E-state index in [9.17, 15) is 48.9 Å². The summed E-state index contributed by atoms with van der Waals surface area (Å²) in [6, 6.07) is 6.88. The number of ether oxygens (including phenoxy) is 13. The van der Waals surface area contributed by atoms with Crippen molar-refractivity contribution >= 4 is 80.9 Å². The first-order valence-electron chi connectivity index (χ1n) is 44.4. The van der Waals surface area contributed by atoms with Crippen molar-refractivity contribution in [1.29, 1.82) is 0 Å². The number of aromatic nitrogens is 6. The van der Waals surface area contributed by atoms with Crippen LogP contribution in [0.5, 0.6) is 0 Å². The molecule has 1 saturated carbocycles. The van der Waals surface area contributed by atoms with Crippen LogP contribution in [-0.4, -0.2) is 316 Å². The van der Waals surface area contributed by atoms with Crippen molar-refractivity contribution in [2.75, 3.05) is 176 Å². The number of carbonyl (C=O) groups is 7. The monoisotopic (exact) mass is 1780 g/mol. The maximum absolute atomic E-state index is 14.7. The number of nitrogens with zero attached hydrogens (tertiary/aromatic N) is 9. The van der Waals surface area contributed by atoms with E-state index >= 15 is 0 Å². The summed E-state index contributed by atoms with van der Waals surface area (Å²) in [7, 11) is 3.06. The summed E-state index contributed by atoms with van der Waals surface area (Å²) in [5.74, 6) is -8.10. The second-order valence-electron chi connectivity index (χ2n) is 33.2. The van der Waals surface area contributed by atoms with Crippen molar-refractivity contribution in [3.63, 3.8) is 0 Å². The predicted octanol–water partition coefficient (Wildman–Crippen LogP) is 6.32. The van der Waals surface area contributed by atoms with Gasteiger partial charge in [-0.3, -0.25) is 24.0 Å². The van der Waals surface area contributed by atoms with Crippen LogP contribution in [0.4, 0.5) is 22.3 Å². The van der Waals surface area contributed by atoms with E-state index in [2.05, 4.69) is 30.2 Å². The van der Waals surface area contributed by atoms with Gasteiger partial charge in [0.2, 0.25) is 11.7 Å². The molecule has 4 fully saturated rings. The summed E-state index contributed by atoms with van der Waals surface area (Å²) in [5.41, 5.74) is 23.8. The Labute approximate surface area is 741 Å². The first-order chi connectivity index (χ1) is 61.2. The van der Waals surface area contributed by atoms with Crippen molar-refractivity contribution in [2.45, 2.75) is 186 Å². The number of nitrogen functional groups attached to an aromatic ring is 2. The number of fused-ring (bicyclic) bond motifs is 5. The second kappa shape index (κ2) is 50.7. The third-order valence-corrected chi connectivity index (χ3v) is 23.9. The van der Waals surface area contributed by atoms with Gasteiger partial charge in [0.15, 0.2) is 22.8 Å². The fourth-order valence-corrected chi connectivity index (χ4v) is 16.5. The number of amides is 3. The Morgan fingerprint density at radius 2 is 1.34 bits per heavy atom. The van der Waals surface area contributed by atoms with E-state index in [-0.39, 0.29) is 87.9 Å². The van der Waals surface area contributed by atoms with E-state index in [4.69, 9.17) is 88.3 Å². The lowest BCUT2D eigenvalue weighted by Crippen LogP contribution is -2.61. The Balaban J connectivity index is 0.546. The summed E-state index contributed by atoms with van der Waals surface area (Å²) in [6.45, 7) is 18.2.